The highest BCUT2D eigenvalue weighted by Crippen LogP contribution is 2.26. The van der Waals surface area contributed by atoms with E-state index in [1.54, 1.807) is 0 Å². The predicted octanol–water partition coefficient (Wildman–Crippen LogP) is 3.70. The van der Waals surface area contributed by atoms with Crippen LogP contribution in [0.1, 0.15) is 55.3 Å². The van der Waals surface area contributed by atoms with E-state index in [9.17, 15) is 18.8 Å². The SMILES string of the molecule is N#CC1(NC(=O)c2cc(F)cc(F)c2)CCCCCCC1. The topological polar surface area (TPSA) is 52.9 Å². The van der Waals surface area contributed by atoms with Crippen LogP contribution in [0, 0.1) is 23.0 Å². The minimum Gasteiger partial charge on any atom is -0.334 e. The molecule has 1 saturated carbocycles. The molecule has 112 valence electrons. The normalized spacial score (nSPS) is 18.1. The summed E-state index contributed by atoms with van der Waals surface area (Å²) in [5.74, 6) is -2.21. The van der Waals surface area contributed by atoms with Gasteiger partial charge in [-0.25, -0.2) is 8.78 Å². The van der Waals surface area contributed by atoms with Crippen LogP contribution in [0.3, 0.4) is 0 Å². The summed E-state index contributed by atoms with van der Waals surface area (Å²) < 4.78 is 26.4. The van der Waals surface area contributed by atoms with Crippen LogP contribution < -0.4 is 5.32 Å². The molecule has 0 aromatic heterocycles. The first-order chi connectivity index (χ1) is 10.0. The molecule has 1 amide bonds. The van der Waals surface area contributed by atoms with Gasteiger partial charge in [0.2, 0.25) is 0 Å². The van der Waals surface area contributed by atoms with Crippen LogP contribution in [0.4, 0.5) is 8.78 Å². The number of amides is 1. The Kier molecular flexibility index (Phi) is 4.89. The van der Waals surface area contributed by atoms with Crippen LogP contribution in [-0.4, -0.2) is 11.4 Å². The first-order valence-electron chi connectivity index (χ1n) is 7.24. The van der Waals surface area contributed by atoms with E-state index < -0.39 is 23.1 Å². The van der Waals surface area contributed by atoms with Gasteiger partial charge in [0.15, 0.2) is 0 Å². The molecule has 1 aliphatic rings. The lowest BCUT2D eigenvalue weighted by molar-refractivity contribution is 0.0906. The molecule has 0 radical (unpaired) electrons. The lowest BCUT2D eigenvalue weighted by atomic mass is 9.85. The quantitative estimate of drug-likeness (QED) is 0.903. The number of halogens is 2. The zero-order valence-electron chi connectivity index (χ0n) is 11.8. The number of hydrogen-bond donors (Lipinski definition) is 1. The second-order valence-corrected chi connectivity index (χ2v) is 5.57. The third kappa shape index (κ3) is 4.01. The first kappa shape index (κ1) is 15.4. The van der Waals surface area contributed by atoms with Gasteiger partial charge in [-0.1, -0.05) is 32.1 Å². The lowest BCUT2D eigenvalue weighted by Gasteiger charge is -2.29. The standard InChI is InChI=1S/C16H18F2N2O/c17-13-8-12(9-14(18)10-13)15(21)20-16(11-19)6-4-2-1-3-5-7-16/h8-10H,1-7H2,(H,20,21). The van der Waals surface area contributed by atoms with Gasteiger partial charge in [-0.2, -0.15) is 5.26 Å². The van der Waals surface area contributed by atoms with Gasteiger partial charge in [0, 0.05) is 11.6 Å². The zero-order valence-corrected chi connectivity index (χ0v) is 11.8. The maximum Gasteiger partial charge on any atom is 0.252 e. The van der Waals surface area contributed by atoms with Crippen molar-refractivity contribution in [3.8, 4) is 6.07 Å². The molecule has 1 fully saturated rings. The Balaban J connectivity index is 2.16. The molecule has 3 nitrogen and oxygen atoms in total. The van der Waals surface area contributed by atoms with Crippen molar-refractivity contribution in [2.45, 2.75) is 50.5 Å². The fourth-order valence-corrected chi connectivity index (χ4v) is 2.75. The molecule has 5 heteroatoms. The number of nitrogens with zero attached hydrogens (tertiary/aromatic N) is 1. The first-order valence-corrected chi connectivity index (χ1v) is 7.24. The summed E-state index contributed by atoms with van der Waals surface area (Å²) in [6, 6.07) is 4.87. The summed E-state index contributed by atoms with van der Waals surface area (Å²) in [5, 5.41) is 12.1. The van der Waals surface area contributed by atoms with E-state index in [0.717, 1.165) is 44.2 Å². The third-order valence-corrected chi connectivity index (χ3v) is 3.90. The van der Waals surface area contributed by atoms with E-state index in [1.807, 2.05) is 0 Å². The van der Waals surface area contributed by atoms with Gasteiger partial charge in [-0.15, -0.1) is 0 Å². The van der Waals surface area contributed by atoms with Crippen molar-refractivity contribution < 1.29 is 13.6 Å². The molecule has 1 aromatic rings. The molecular formula is C16H18F2N2O. The molecule has 0 saturated heterocycles. The van der Waals surface area contributed by atoms with Crippen molar-refractivity contribution in [3.63, 3.8) is 0 Å². The molecule has 0 aliphatic heterocycles. The highest BCUT2D eigenvalue weighted by molar-refractivity contribution is 5.95. The van der Waals surface area contributed by atoms with E-state index in [0.29, 0.717) is 18.9 Å². The smallest absolute Gasteiger partial charge is 0.252 e. The number of nitrogens with one attached hydrogen (secondary N) is 1. The van der Waals surface area contributed by atoms with E-state index in [1.165, 1.54) is 0 Å². The summed E-state index contributed by atoms with van der Waals surface area (Å²) in [6.07, 6.45) is 6.10. The molecule has 0 atom stereocenters. The zero-order chi connectivity index (χ0) is 15.3. The summed E-state index contributed by atoms with van der Waals surface area (Å²) in [4.78, 5) is 12.2. The Hall–Kier alpha value is -1.96. The van der Waals surface area contributed by atoms with Crippen molar-refractivity contribution >= 4 is 5.91 Å². The van der Waals surface area contributed by atoms with E-state index in [-0.39, 0.29) is 5.56 Å². The average Bonchev–Trinajstić information content (AvgIpc) is 2.41. The Morgan fingerprint density at radius 1 is 1.05 bits per heavy atom. The van der Waals surface area contributed by atoms with E-state index in [2.05, 4.69) is 11.4 Å². The van der Waals surface area contributed by atoms with Crippen LogP contribution in [0.15, 0.2) is 18.2 Å². The van der Waals surface area contributed by atoms with Gasteiger partial charge < -0.3 is 5.32 Å². The van der Waals surface area contributed by atoms with Gasteiger partial charge in [-0.05, 0) is 25.0 Å². The molecule has 0 spiro atoms. The Morgan fingerprint density at radius 2 is 1.57 bits per heavy atom. The van der Waals surface area contributed by atoms with Crippen molar-refractivity contribution in [2.24, 2.45) is 0 Å². The van der Waals surface area contributed by atoms with Crippen LogP contribution in [0.2, 0.25) is 0 Å². The van der Waals surface area contributed by atoms with Crippen molar-refractivity contribution in [1.29, 1.82) is 5.26 Å². The monoisotopic (exact) mass is 292 g/mol. The highest BCUT2D eigenvalue weighted by Gasteiger charge is 2.32. The second kappa shape index (κ2) is 6.66. The van der Waals surface area contributed by atoms with E-state index >= 15 is 0 Å². The van der Waals surface area contributed by atoms with Gasteiger partial charge in [-0.3, -0.25) is 4.79 Å². The largest absolute Gasteiger partial charge is 0.334 e. The average molecular weight is 292 g/mol. The molecule has 1 N–H and O–H groups in total. The van der Waals surface area contributed by atoms with Crippen molar-refractivity contribution in [2.75, 3.05) is 0 Å². The summed E-state index contributed by atoms with van der Waals surface area (Å²) in [6.45, 7) is 0. The molecule has 2 rings (SSSR count). The lowest BCUT2D eigenvalue weighted by Crippen LogP contribution is -2.47. The molecular weight excluding hydrogens is 274 g/mol. The van der Waals surface area contributed by atoms with Crippen LogP contribution >= 0.6 is 0 Å². The molecule has 0 heterocycles. The number of rotatable bonds is 2. The molecule has 1 aliphatic carbocycles. The Labute approximate surface area is 123 Å². The summed E-state index contributed by atoms with van der Waals surface area (Å²) in [7, 11) is 0. The molecule has 1 aromatic carbocycles. The second-order valence-electron chi connectivity index (χ2n) is 5.57. The number of benzene rings is 1. The molecule has 0 unspecified atom stereocenters. The Morgan fingerprint density at radius 3 is 2.10 bits per heavy atom. The fourth-order valence-electron chi connectivity index (χ4n) is 2.75. The van der Waals surface area contributed by atoms with Crippen LogP contribution in [-0.2, 0) is 0 Å². The molecule has 0 bridgehead atoms. The van der Waals surface area contributed by atoms with Crippen molar-refractivity contribution in [1.82, 2.24) is 5.32 Å². The summed E-state index contributed by atoms with van der Waals surface area (Å²) in [5.41, 5.74) is -1.02. The number of hydrogen-bond acceptors (Lipinski definition) is 2. The van der Waals surface area contributed by atoms with Gasteiger partial charge in [0.1, 0.15) is 17.2 Å². The minimum absolute atomic E-state index is 0.0933. The van der Waals surface area contributed by atoms with Crippen molar-refractivity contribution in [3.05, 3.63) is 35.4 Å². The van der Waals surface area contributed by atoms with Crippen LogP contribution in [0.5, 0.6) is 0 Å². The van der Waals surface area contributed by atoms with Crippen LogP contribution in [0.25, 0.3) is 0 Å². The number of carbonyl (C=O) groups excluding carboxylic acids is 1. The number of nitriles is 1. The third-order valence-electron chi connectivity index (χ3n) is 3.90. The highest BCUT2D eigenvalue weighted by atomic mass is 19.1. The predicted molar refractivity (Wildman–Crippen MR) is 74.5 cm³/mol. The Bertz CT molecular complexity index is 538. The van der Waals surface area contributed by atoms with Gasteiger partial charge in [0.05, 0.1) is 6.07 Å². The van der Waals surface area contributed by atoms with E-state index in [4.69, 9.17) is 0 Å². The summed E-state index contributed by atoms with van der Waals surface area (Å²) >= 11 is 0. The van der Waals surface area contributed by atoms with Gasteiger partial charge >= 0.3 is 0 Å². The maximum absolute atomic E-state index is 13.2. The molecule has 21 heavy (non-hydrogen) atoms. The van der Waals surface area contributed by atoms with Gasteiger partial charge in [0.25, 0.3) is 5.91 Å². The number of carbonyl (C=O) groups is 1. The minimum atomic E-state index is -0.930. The maximum atomic E-state index is 13.2. The fraction of sp³-hybridized carbons (Fsp3) is 0.500.